The minimum Gasteiger partial charge on any atom is -0.492 e. The summed E-state index contributed by atoms with van der Waals surface area (Å²) in [7, 11) is 0. The van der Waals surface area contributed by atoms with Gasteiger partial charge in [0.2, 0.25) is 0 Å². The van der Waals surface area contributed by atoms with E-state index in [9.17, 15) is 14.7 Å². The molecule has 0 aliphatic heterocycles. The van der Waals surface area contributed by atoms with E-state index in [1.165, 1.54) is 4.90 Å². The van der Waals surface area contributed by atoms with E-state index in [1.807, 2.05) is 47.4 Å². The number of carboxylic acids is 1. The number of urea groups is 1. The molecule has 0 radical (unpaired) electrons. The predicted molar refractivity (Wildman–Crippen MR) is 140 cm³/mol. The fourth-order valence-corrected chi connectivity index (χ4v) is 4.17. The first-order chi connectivity index (χ1) is 16.9. The Bertz CT molecular complexity index is 877. The van der Waals surface area contributed by atoms with Crippen LogP contribution in [-0.4, -0.2) is 66.7 Å². The molecule has 0 aliphatic carbocycles. The van der Waals surface area contributed by atoms with E-state index in [-0.39, 0.29) is 6.03 Å². The van der Waals surface area contributed by atoms with Crippen LogP contribution in [0.5, 0.6) is 5.75 Å². The number of aliphatic carboxylic acids is 1. The Hall–Kier alpha value is -2.71. The lowest BCUT2D eigenvalue weighted by atomic mass is 10.1. The number of benzene rings is 2. The van der Waals surface area contributed by atoms with Gasteiger partial charge in [0.1, 0.15) is 12.4 Å². The molecule has 0 spiro atoms. The lowest BCUT2D eigenvalue weighted by Gasteiger charge is -2.24. The van der Waals surface area contributed by atoms with E-state index in [0.717, 1.165) is 17.7 Å². The van der Waals surface area contributed by atoms with Crippen LogP contribution in [0.3, 0.4) is 0 Å². The summed E-state index contributed by atoms with van der Waals surface area (Å²) in [6.45, 7) is 8.41. The third-order valence-corrected chi connectivity index (χ3v) is 6.25. The summed E-state index contributed by atoms with van der Waals surface area (Å²) in [5, 5.41) is 12.2. The number of nitrogens with zero attached hydrogens (tertiary/aromatic N) is 1. The smallest absolute Gasteiger partial charge is 0.333 e. The Labute approximate surface area is 213 Å². The second-order valence-corrected chi connectivity index (χ2v) is 9.73. The van der Waals surface area contributed by atoms with Gasteiger partial charge in [0.25, 0.3) is 0 Å². The van der Waals surface area contributed by atoms with Gasteiger partial charge in [0.05, 0.1) is 6.54 Å². The van der Waals surface area contributed by atoms with Gasteiger partial charge < -0.3 is 24.8 Å². The minimum atomic E-state index is -0.967. The van der Waals surface area contributed by atoms with E-state index in [0.29, 0.717) is 50.9 Å². The van der Waals surface area contributed by atoms with Crippen LogP contribution in [0.4, 0.5) is 4.79 Å². The summed E-state index contributed by atoms with van der Waals surface area (Å²) in [5.41, 5.74) is 0.865. The van der Waals surface area contributed by atoms with Gasteiger partial charge in [-0.3, -0.25) is 0 Å². The molecule has 0 saturated heterocycles. The van der Waals surface area contributed by atoms with Gasteiger partial charge in [-0.15, -0.1) is 11.8 Å². The summed E-state index contributed by atoms with van der Waals surface area (Å²) in [6.07, 6.45) is 0.326. The molecule has 0 fully saturated rings. The standard InChI is InChI=1S/C27H38N2O5S/c1-4-33-25(26(30)31)19-22-11-13-23(14-12-22)34-17-16-29(27(32)28-20-21(2)3)15-8-18-35-24-9-6-5-7-10-24/h5-7,9-14,21,25H,4,8,15-20H2,1-3H3,(H,28,32)(H,30,31). The summed E-state index contributed by atoms with van der Waals surface area (Å²) in [5.74, 6) is 1.02. The molecule has 2 amide bonds. The van der Waals surface area contributed by atoms with Crippen molar-refractivity contribution >= 4 is 23.8 Å². The Morgan fingerprint density at radius 2 is 1.77 bits per heavy atom. The third kappa shape index (κ3) is 11.5. The SMILES string of the molecule is CCOC(Cc1ccc(OCCN(CCCSc2ccccc2)C(=O)NCC(C)C)cc1)C(=O)O. The highest BCUT2D eigenvalue weighted by atomic mass is 32.2. The highest BCUT2D eigenvalue weighted by molar-refractivity contribution is 7.99. The topological polar surface area (TPSA) is 88.1 Å². The molecule has 0 saturated carbocycles. The van der Waals surface area contributed by atoms with Crippen molar-refractivity contribution in [1.29, 1.82) is 0 Å². The van der Waals surface area contributed by atoms with Crippen molar-refractivity contribution in [3.8, 4) is 5.75 Å². The number of rotatable bonds is 16. The second-order valence-electron chi connectivity index (χ2n) is 8.56. The zero-order valence-electron chi connectivity index (χ0n) is 20.9. The number of carboxylic acid groups (broad SMARTS) is 1. The molecule has 8 heteroatoms. The van der Waals surface area contributed by atoms with E-state index < -0.39 is 12.1 Å². The van der Waals surface area contributed by atoms with Crippen molar-refractivity contribution < 1.29 is 24.2 Å². The molecule has 192 valence electrons. The molecule has 2 aromatic rings. The number of thioether (sulfide) groups is 1. The molecule has 2 N–H and O–H groups in total. The number of hydrogen-bond donors (Lipinski definition) is 2. The first-order valence-corrected chi connectivity index (χ1v) is 13.1. The molecule has 0 heterocycles. The molecule has 1 atom stereocenters. The minimum absolute atomic E-state index is 0.0713. The molecular weight excluding hydrogens is 464 g/mol. The van der Waals surface area contributed by atoms with Gasteiger partial charge in [-0.05, 0) is 54.8 Å². The van der Waals surface area contributed by atoms with Crippen LogP contribution in [0.15, 0.2) is 59.5 Å². The lowest BCUT2D eigenvalue weighted by molar-refractivity contribution is -0.149. The van der Waals surface area contributed by atoms with Crippen LogP contribution >= 0.6 is 11.8 Å². The number of hydrogen-bond acceptors (Lipinski definition) is 5. The monoisotopic (exact) mass is 502 g/mol. The maximum Gasteiger partial charge on any atom is 0.333 e. The summed E-state index contributed by atoms with van der Waals surface area (Å²) >= 11 is 1.79. The van der Waals surface area contributed by atoms with Crippen LogP contribution in [0.1, 0.15) is 32.8 Å². The summed E-state index contributed by atoms with van der Waals surface area (Å²) in [4.78, 5) is 27.0. The van der Waals surface area contributed by atoms with Crippen molar-refractivity contribution in [2.45, 2.75) is 44.6 Å². The molecule has 7 nitrogen and oxygen atoms in total. The van der Waals surface area contributed by atoms with Crippen molar-refractivity contribution in [1.82, 2.24) is 10.2 Å². The number of nitrogens with one attached hydrogen (secondary N) is 1. The fourth-order valence-electron chi connectivity index (χ4n) is 3.31. The van der Waals surface area contributed by atoms with E-state index in [4.69, 9.17) is 9.47 Å². The molecule has 0 bridgehead atoms. The average molecular weight is 503 g/mol. The van der Waals surface area contributed by atoms with Gasteiger partial charge in [-0.25, -0.2) is 9.59 Å². The molecule has 2 aromatic carbocycles. The zero-order chi connectivity index (χ0) is 25.5. The van der Waals surface area contributed by atoms with Gasteiger partial charge in [-0.1, -0.05) is 44.2 Å². The number of ether oxygens (including phenoxy) is 2. The van der Waals surface area contributed by atoms with Gasteiger partial charge >= 0.3 is 12.0 Å². The first-order valence-electron chi connectivity index (χ1n) is 12.2. The molecule has 1 unspecified atom stereocenters. The first kappa shape index (κ1) is 28.5. The Morgan fingerprint density at radius 1 is 1.06 bits per heavy atom. The van der Waals surface area contributed by atoms with E-state index in [2.05, 4.69) is 31.3 Å². The van der Waals surface area contributed by atoms with Crippen LogP contribution in [0.25, 0.3) is 0 Å². The Kier molecular flexibility index (Phi) is 13.1. The fraction of sp³-hybridized carbons (Fsp3) is 0.481. The number of carbonyl (C=O) groups excluding carboxylic acids is 1. The normalized spacial score (nSPS) is 11.8. The summed E-state index contributed by atoms with van der Waals surface area (Å²) < 4.78 is 11.1. The van der Waals surface area contributed by atoms with Gasteiger partial charge in [0, 0.05) is 31.0 Å². The largest absolute Gasteiger partial charge is 0.492 e. The third-order valence-electron chi connectivity index (χ3n) is 5.15. The highest BCUT2D eigenvalue weighted by Gasteiger charge is 2.18. The maximum atomic E-state index is 12.7. The molecule has 0 aromatic heterocycles. The average Bonchev–Trinajstić information content (AvgIpc) is 2.85. The molecular formula is C27H38N2O5S. The van der Waals surface area contributed by atoms with Crippen LogP contribution in [0, 0.1) is 5.92 Å². The summed E-state index contributed by atoms with van der Waals surface area (Å²) in [6, 6.07) is 17.5. The van der Waals surface area contributed by atoms with Crippen molar-refractivity contribution in [2.75, 3.05) is 38.6 Å². The molecule has 0 aliphatic rings. The van der Waals surface area contributed by atoms with Crippen molar-refractivity contribution in [2.24, 2.45) is 5.92 Å². The highest BCUT2D eigenvalue weighted by Crippen LogP contribution is 2.18. The zero-order valence-corrected chi connectivity index (χ0v) is 21.8. The van der Waals surface area contributed by atoms with Crippen LogP contribution in [0.2, 0.25) is 0 Å². The molecule has 2 rings (SSSR count). The van der Waals surface area contributed by atoms with Gasteiger partial charge in [-0.2, -0.15) is 0 Å². The van der Waals surface area contributed by atoms with Gasteiger partial charge in [0.15, 0.2) is 6.10 Å². The Morgan fingerprint density at radius 3 is 2.40 bits per heavy atom. The predicted octanol–water partition coefficient (Wildman–Crippen LogP) is 4.95. The van der Waals surface area contributed by atoms with Crippen LogP contribution in [-0.2, 0) is 16.0 Å². The van der Waals surface area contributed by atoms with E-state index in [1.54, 1.807) is 18.7 Å². The van der Waals surface area contributed by atoms with E-state index >= 15 is 0 Å². The van der Waals surface area contributed by atoms with Crippen LogP contribution < -0.4 is 10.1 Å². The second kappa shape index (κ2) is 16.1. The maximum absolute atomic E-state index is 12.7. The molecule has 35 heavy (non-hydrogen) atoms. The van der Waals surface area contributed by atoms with Crippen molar-refractivity contribution in [3.05, 3.63) is 60.2 Å². The number of carbonyl (C=O) groups is 2. The lowest BCUT2D eigenvalue weighted by Crippen LogP contribution is -2.43. The van der Waals surface area contributed by atoms with Crippen molar-refractivity contribution in [3.63, 3.8) is 0 Å². The quantitative estimate of drug-likeness (QED) is 0.250. The Balaban J connectivity index is 1.83. The number of amides is 2.